The Hall–Kier alpha value is -3.80. The molecule has 2 N–H and O–H groups in total. The molecule has 6 nitrogen and oxygen atoms in total. The second kappa shape index (κ2) is 9.94. The number of carbonyl (C=O) groups is 2. The van der Waals surface area contributed by atoms with E-state index in [9.17, 15) is 9.59 Å². The van der Waals surface area contributed by atoms with Crippen LogP contribution in [0.4, 0.5) is 0 Å². The molecule has 0 aromatic heterocycles. The van der Waals surface area contributed by atoms with E-state index in [1.165, 1.54) is 0 Å². The lowest BCUT2D eigenvalue weighted by molar-refractivity contribution is 0.0845. The van der Waals surface area contributed by atoms with Crippen LogP contribution in [0.1, 0.15) is 33.2 Å². The molecule has 0 unspecified atom stereocenters. The lowest BCUT2D eigenvalue weighted by Gasteiger charge is -2.12. The van der Waals surface area contributed by atoms with Crippen molar-refractivity contribution < 1.29 is 19.1 Å². The maximum Gasteiger partial charge on any atom is 0.270 e. The van der Waals surface area contributed by atoms with Gasteiger partial charge in [-0.3, -0.25) is 20.4 Å². The summed E-state index contributed by atoms with van der Waals surface area (Å²) in [5, 5.41) is 0. The normalized spacial score (nSPS) is 10.1. The fourth-order valence-corrected chi connectivity index (χ4v) is 2.67. The number of nitrogens with one attached hydrogen (secondary N) is 2. The summed E-state index contributed by atoms with van der Waals surface area (Å²) in [4.78, 5) is 24.8. The van der Waals surface area contributed by atoms with Crippen molar-refractivity contribution in [2.45, 2.75) is 13.5 Å². The highest BCUT2D eigenvalue weighted by Crippen LogP contribution is 2.15. The van der Waals surface area contributed by atoms with Gasteiger partial charge in [0.2, 0.25) is 0 Å². The quantitative estimate of drug-likeness (QED) is 0.603. The number of carbonyl (C=O) groups excluding carboxylic acids is 2. The maximum absolute atomic E-state index is 12.6. The lowest BCUT2D eigenvalue weighted by atomic mass is 10.1. The predicted molar refractivity (Wildman–Crippen MR) is 110 cm³/mol. The van der Waals surface area contributed by atoms with Gasteiger partial charge in [-0.05, 0) is 49.4 Å². The van der Waals surface area contributed by atoms with Gasteiger partial charge in [0.1, 0.15) is 18.1 Å². The van der Waals surface area contributed by atoms with Gasteiger partial charge >= 0.3 is 0 Å². The molecule has 6 heteroatoms. The van der Waals surface area contributed by atoms with Crippen LogP contribution in [0.3, 0.4) is 0 Å². The number of hydrogen-bond donors (Lipinski definition) is 2. The van der Waals surface area contributed by atoms with Crippen molar-refractivity contribution >= 4 is 11.8 Å². The molecule has 2 amide bonds. The number of amides is 2. The van der Waals surface area contributed by atoms with Crippen LogP contribution in [0.15, 0.2) is 78.9 Å². The van der Waals surface area contributed by atoms with E-state index in [0.717, 1.165) is 0 Å². The van der Waals surface area contributed by atoms with E-state index in [-0.39, 0.29) is 6.61 Å². The number of hydrogen-bond acceptors (Lipinski definition) is 4. The first-order valence-corrected chi connectivity index (χ1v) is 9.26. The van der Waals surface area contributed by atoms with Crippen LogP contribution in [0, 0.1) is 0 Å². The topological polar surface area (TPSA) is 76.7 Å². The predicted octanol–water partition coefficient (Wildman–Crippen LogP) is 3.74. The number of benzene rings is 3. The highest BCUT2D eigenvalue weighted by Gasteiger charge is 2.13. The van der Waals surface area contributed by atoms with Crippen molar-refractivity contribution in [3.05, 3.63) is 95.6 Å². The second-order valence-electron chi connectivity index (χ2n) is 6.12. The molecule has 29 heavy (non-hydrogen) atoms. The molecule has 0 saturated carbocycles. The zero-order valence-electron chi connectivity index (χ0n) is 16.1. The first-order chi connectivity index (χ1) is 14.2. The Bertz CT molecular complexity index is 956. The van der Waals surface area contributed by atoms with Crippen molar-refractivity contribution in [2.75, 3.05) is 6.61 Å². The van der Waals surface area contributed by atoms with E-state index in [2.05, 4.69) is 10.9 Å². The van der Waals surface area contributed by atoms with Gasteiger partial charge in [0.05, 0.1) is 6.61 Å². The minimum absolute atomic E-state index is 0.237. The van der Waals surface area contributed by atoms with E-state index in [4.69, 9.17) is 9.47 Å². The Labute approximate surface area is 169 Å². The fraction of sp³-hybridized carbons (Fsp3) is 0.130. The molecular formula is C23H22N2O4. The minimum Gasteiger partial charge on any atom is -0.494 e. The van der Waals surface area contributed by atoms with Crippen molar-refractivity contribution in [3.8, 4) is 11.5 Å². The molecular weight excluding hydrogens is 368 g/mol. The van der Waals surface area contributed by atoms with Crippen LogP contribution < -0.4 is 20.3 Å². The van der Waals surface area contributed by atoms with Crippen molar-refractivity contribution in [1.29, 1.82) is 0 Å². The van der Waals surface area contributed by atoms with E-state index < -0.39 is 11.8 Å². The van der Waals surface area contributed by atoms with Crippen LogP contribution >= 0.6 is 0 Å². The fourth-order valence-electron chi connectivity index (χ4n) is 2.67. The van der Waals surface area contributed by atoms with Gasteiger partial charge in [-0.15, -0.1) is 0 Å². The molecule has 0 bridgehead atoms. The zero-order valence-corrected chi connectivity index (χ0v) is 16.1. The Balaban J connectivity index is 1.59. The summed E-state index contributed by atoms with van der Waals surface area (Å²) >= 11 is 0. The lowest BCUT2D eigenvalue weighted by Crippen LogP contribution is -2.42. The Morgan fingerprint density at radius 2 is 1.34 bits per heavy atom. The third-order valence-corrected chi connectivity index (χ3v) is 4.12. The number of hydrazine groups is 1. The Kier molecular flexibility index (Phi) is 6.84. The molecule has 0 heterocycles. The summed E-state index contributed by atoms with van der Waals surface area (Å²) < 4.78 is 11.1. The smallest absolute Gasteiger partial charge is 0.270 e. The highest BCUT2D eigenvalue weighted by molar-refractivity contribution is 5.99. The van der Waals surface area contributed by atoms with Crippen LogP contribution in [-0.4, -0.2) is 18.4 Å². The molecule has 148 valence electrons. The monoisotopic (exact) mass is 390 g/mol. The summed E-state index contributed by atoms with van der Waals surface area (Å²) in [5.41, 5.74) is 6.43. The van der Waals surface area contributed by atoms with Gasteiger partial charge in [0.15, 0.2) is 0 Å². The van der Waals surface area contributed by atoms with Crippen molar-refractivity contribution in [1.82, 2.24) is 10.9 Å². The largest absolute Gasteiger partial charge is 0.494 e. The van der Waals surface area contributed by atoms with Crippen molar-refractivity contribution in [2.24, 2.45) is 0 Å². The SMILES string of the molecule is CCOc1ccc(C(=O)NNC(=O)c2ccccc2COc2ccccc2)cc1. The molecule has 0 spiro atoms. The van der Waals surface area contributed by atoms with Gasteiger partial charge in [0.25, 0.3) is 11.8 Å². The molecule has 0 saturated heterocycles. The average molecular weight is 390 g/mol. The standard InChI is InChI=1S/C23H22N2O4/c1-2-28-20-14-12-17(13-15-20)22(26)24-25-23(27)21-11-7-6-8-18(21)16-29-19-9-4-3-5-10-19/h3-15H,2,16H2,1H3,(H,24,26)(H,25,27). The van der Waals surface area contributed by atoms with Gasteiger partial charge < -0.3 is 9.47 Å². The summed E-state index contributed by atoms with van der Waals surface area (Å²) in [5.74, 6) is 0.558. The van der Waals surface area contributed by atoms with Gasteiger partial charge in [-0.2, -0.15) is 0 Å². The summed E-state index contributed by atoms with van der Waals surface area (Å²) in [6.45, 7) is 2.67. The van der Waals surface area contributed by atoms with E-state index in [0.29, 0.717) is 34.8 Å². The second-order valence-corrected chi connectivity index (χ2v) is 6.12. The number of para-hydroxylation sites is 1. The van der Waals surface area contributed by atoms with Gasteiger partial charge in [-0.25, -0.2) is 0 Å². The molecule has 0 atom stereocenters. The van der Waals surface area contributed by atoms with Crippen LogP contribution in [0.5, 0.6) is 11.5 Å². The van der Waals surface area contributed by atoms with Gasteiger partial charge in [0, 0.05) is 16.7 Å². The third-order valence-electron chi connectivity index (χ3n) is 4.12. The molecule has 3 rings (SSSR count). The molecule has 3 aromatic rings. The van der Waals surface area contributed by atoms with E-state index in [1.807, 2.05) is 49.4 Å². The molecule has 0 radical (unpaired) electrons. The zero-order chi connectivity index (χ0) is 20.5. The van der Waals surface area contributed by atoms with E-state index in [1.54, 1.807) is 36.4 Å². The molecule has 0 fully saturated rings. The van der Waals surface area contributed by atoms with Crippen LogP contribution in [-0.2, 0) is 6.61 Å². The van der Waals surface area contributed by atoms with Gasteiger partial charge in [-0.1, -0.05) is 36.4 Å². The molecule has 3 aromatic carbocycles. The maximum atomic E-state index is 12.6. The van der Waals surface area contributed by atoms with Crippen LogP contribution in [0.25, 0.3) is 0 Å². The average Bonchev–Trinajstić information content (AvgIpc) is 2.77. The van der Waals surface area contributed by atoms with Crippen LogP contribution in [0.2, 0.25) is 0 Å². The van der Waals surface area contributed by atoms with Crippen molar-refractivity contribution in [3.63, 3.8) is 0 Å². The molecule has 0 aliphatic heterocycles. The summed E-state index contributed by atoms with van der Waals surface area (Å²) in [6, 6.07) is 23.1. The van der Waals surface area contributed by atoms with E-state index >= 15 is 0 Å². The minimum atomic E-state index is -0.420. The third kappa shape index (κ3) is 5.59. The molecule has 0 aliphatic rings. The summed E-state index contributed by atoms with van der Waals surface area (Å²) in [6.07, 6.45) is 0. The number of rotatable bonds is 7. The Morgan fingerprint density at radius 1 is 0.724 bits per heavy atom. The highest BCUT2D eigenvalue weighted by atomic mass is 16.5. The first-order valence-electron chi connectivity index (χ1n) is 9.26. The number of ether oxygens (including phenoxy) is 2. The Morgan fingerprint density at radius 3 is 2.07 bits per heavy atom. The first kappa shape index (κ1) is 19.9. The molecule has 0 aliphatic carbocycles. The summed E-state index contributed by atoms with van der Waals surface area (Å²) in [7, 11) is 0.